The van der Waals surface area contributed by atoms with Crippen molar-refractivity contribution in [2.45, 2.75) is 6.92 Å². The molecule has 1 aliphatic rings. The van der Waals surface area contributed by atoms with Crippen molar-refractivity contribution in [3.05, 3.63) is 42.5 Å². The number of sulfonamides is 1. The second-order valence-corrected chi connectivity index (χ2v) is 7.60. The maximum atomic E-state index is 11.5. The van der Waals surface area contributed by atoms with Crippen molar-refractivity contribution >= 4 is 27.3 Å². The van der Waals surface area contributed by atoms with Crippen LogP contribution in [0.3, 0.4) is 0 Å². The highest BCUT2D eigenvalue weighted by molar-refractivity contribution is 7.92. The number of benzene rings is 1. The van der Waals surface area contributed by atoms with Crippen LogP contribution in [0.4, 0.5) is 17.3 Å². The molecule has 0 atom stereocenters. The Morgan fingerprint density at radius 3 is 2.21 bits per heavy atom. The average Bonchev–Trinajstić information content (AvgIpc) is 2.63. The molecule has 2 aromatic rings. The van der Waals surface area contributed by atoms with Gasteiger partial charge >= 0.3 is 0 Å². The molecule has 0 saturated carbocycles. The molecule has 24 heavy (non-hydrogen) atoms. The molecule has 8 heteroatoms. The number of piperazine rings is 1. The van der Waals surface area contributed by atoms with E-state index in [0.717, 1.165) is 32.0 Å². The molecule has 0 bridgehead atoms. The third-order valence-corrected chi connectivity index (χ3v) is 5.30. The van der Waals surface area contributed by atoms with Crippen LogP contribution in [-0.2, 0) is 10.0 Å². The second kappa shape index (κ2) is 7.04. The van der Waals surface area contributed by atoms with E-state index in [0.29, 0.717) is 0 Å². The lowest BCUT2D eigenvalue weighted by Gasteiger charge is -2.36. The first-order valence-electron chi connectivity index (χ1n) is 7.96. The number of para-hydroxylation sites is 1. The van der Waals surface area contributed by atoms with Crippen LogP contribution in [0.15, 0.2) is 42.5 Å². The lowest BCUT2D eigenvalue weighted by Crippen LogP contribution is -2.46. The Morgan fingerprint density at radius 2 is 1.62 bits per heavy atom. The van der Waals surface area contributed by atoms with Gasteiger partial charge in [-0.1, -0.05) is 18.2 Å². The molecule has 2 heterocycles. The molecular weight excluding hydrogens is 326 g/mol. The van der Waals surface area contributed by atoms with Crippen LogP contribution in [0.25, 0.3) is 0 Å². The van der Waals surface area contributed by atoms with E-state index in [1.807, 2.05) is 18.2 Å². The van der Waals surface area contributed by atoms with Crippen LogP contribution < -0.4 is 14.5 Å². The number of nitrogens with zero attached hydrogens (tertiary/aromatic N) is 4. The first-order valence-corrected chi connectivity index (χ1v) is 9.62. The highest BCUT2D eigenvalue weighted by Gasteiger charge is 2.18. The zero-order chi connectivity index (χ0) is 17.0. The summed E-state index contributed by atoms with van der Waals surface area (Å²) in [6.45, 7) is 5.11. The fourth-order valence-corrected chi connectivity index (χ4v) is 3.18. The Balaban J connectivity index is 1.60. The topological polar surface area (TPSA) is 78.4 Å². The van der Waals surface area contributed by atoms with Crippen molar-refractivity contribution in [3.8, 4) is 0 Å². The summed E-state index contributed by atoms with van der Waals surface area (Å²) in [4.78, 5) is 4.50. The van der Waals surface area contributed by atoms with Crippen molar-refractivity contribution in [1.82, 2.24) is 10.2 Å². The van der Waals surface area contributed by atoms with E-state index in [-0.39, 0.29) is 11.6 Å². The maximum absolute atomic E-state index is 11.5. The van der Waals surface area contributed by atoms with Gasteiger partial charge in [0.2, 0.25) is 10.0 Å². The van der Waals surface area contributed by atoms with Crippen LogP contribution in [0.2, 0.25) is 0 Å². The maximum Gasteiger partial charge on any atom is 0.233 e. The minimum absolute atomic E-state index is 0.0118. The Hall–Kier alpha value is -2.35. The molecule has 128 valence electrons. The molecule has 0 aliphatic carbocycles. The highest BCUT2D eigenvalue weighted by Crippen LogP contribution is 2.19. The molecule has 7 nitrogen and oxygen atoms in total. The van der Waals surface area contributed by atoms with Gasteiger partial charge in [-0.15, -0.1) is 10.2 Å². The number of nitrogens with one attached hydrogen (secondary N) is 1. The van der Waals surface area contributed by atoms with Crippen molar-refractivity contribution in [2.24, 2.45) is 0 Å². The standard InChI is InChI=1S/C16H21N5O2S/c1-2-24(22,23)19-15-8-9-16(18-17-15)21-12-10-20(11-13-21)14-6-4-3-5-7-14/h3-9H,2,10-13H2,1H3,(H,17,19). The first-order chi connectivity index (χ1) is 11.6. The fourth-order valence-electron chi connectivity index (χ4n) is 2.61. The summed E-state index contributed by atoms with van der Waals surface area (Å²) in [5.74, 6) is 1.03. The summed E-state index contributed by atoms with van der Waals surface area (Å²) in [6.07, 6.45) is 0. The van der Waals surface area contributed by atoms with E-state index in [1.165, 1.54) is 5.69 Å². The molecule has 1 aliphatic heterocycles. The van der Waals surface area contributed by atoms with Crippen molar-refractivity contribution in [1.29, 1.82) is 0 Å². The summed E-state index contributed by atoms with van der Waals surface area (Å²) in [7, 11) is -3.32. The molecular formula is C16H21N5O2S. The molecule has 1 aromatic carbocycles. The van der Waals surface area contributed by atoms with E-state index >= 15 is 0 Å². The van der Waals surface area contributed by atoms with Crippen molar-refractivity contribution < 1.29 is 8.42 Å². The van der Waals surface area contributed by atoms with Gasteiger partial charge in [0, 0.05) is 31.9 Å². The smallest absolute Gasteiger partial charge is 0.233 e. The highest BCUT2D eigenvalue weighted by atomic mass is 32.2. The molecule has 1 fully saturated rings. The number of hydrogen-bond donors (Lipinski definition) is 1. The number of anilines is 3. The zero-order valence-corrected chi connectivity index (χ0v) is 14.4. The van der Waals surface area contributed by atoms with Gasteiger partial charge in [0.1, 0.15) is 0 Å². The Kier molecular flexibility index (Phi) is 4.84. The van der Waals surface area contributed by atoms with E-state index in [1.54, 1.807) is 19.1 Å². The SMILES string of the molecule is CCS(=O)(=O)Nc1ccc(N2CCN(c3ccccc3)CC2)nn1. The molecule has 0 radical (unpaired) electrons. The van der Waals surface area contributed by atoms with Crippen molar-refractivity contribution in [2.75, 3.05) is 46.5 Å². The monoisotopic (exact) mass is 347 g/mol. The molecule has 1 N–H and O–H groups in total. The van der Waals surface area contributed by atoms with Gasteiger partial charge in [-0.25, -0.2) is 8.42 Å². The molecule has 0 spiro atoms. The predicted molar refractivity (Wildman–Crippen MR) is 96.0 cm³/mol. The van der Waals surface area contributed by atoms with Gasteiger partial charge in [0.15, 0.2) is 11.6 Å². The number of rotatable bonds is 5. The van der Waals surface area contributed by atoms with Gasteiger partial charge < -0.3 is 9.80 Å². The summed E-state index contributed by atoms with van der Waals surface area (Å²) in [6, 6.07) is 13.8. The molecule has 0 unspecified atom stereocenters. The predicted octanol–water partition coefficient (Wildman–Crippen LogP) is 1.56. The van der Waals surface area contributed by atoms with Gasteiger partial charge in [0.05, 0.1) is 5.75 Å². The lowest BCUT2D eigenvalue weighted by molar-refractivity contribution is 0.602. The number of aromatic nitrogens is 2. The Morgan fingerprint density at radius 1 is 0.958 bits per heavy atom. The van der Waals surface area contributed by atoms with E-state index in [9.17, 15) is 8.42 Å². The Bertz CT molecular complexity index is 757. The van der Waals surface area contributed by atoms with E-state index in [2.05, 4.69) is 36.9 Å². The number of hydrogen-bond acceptors (Lipinski definition) is 6. The van der Waals surface area contributed by atoms with Crippen LogP contribution in [0.1, 0.15) is 6.92 Å². The average molecular weight is 347 g/mol. The third kappa shape index (κ3) is 3.94. The van der Waals surface area contributed by atoms with Gasteiger partial charge in [-0.3, -0.25) is 4.72 Å². The summed E-state index contributed by atoms with van der Waals surface area (Å²) in [5.41, 5.74) is 1.23. The molecule has 3 rings (SSSR count). The van der Waals surface area contributed by atoms with Crippen LogP contribution in [-0.4, -0.2) is 50.5 Å². The summed E-state index contributed by atoms with van der Waals surface area (Å²) >= 11 is 0. The van der Waals surface area contributed by atoms with E-state index < -0.39 is 10.0 Å². The quantitative estimate of drug-likeness (QED) is 0.884. The minimum Gasteiger partial charge on any atom is -0.368 e. The molecule has 1 saturated heterocycles. The van der Waals surface area contributed by atoms with Crippen molar-refractivity contribution in [3.63, 3.8) is 0 Å². The molecule has 0 amide bonds. The van der Waals surface area contributed by atoms with Gasteiger partial charge in [0.25, 0.3) is 0 Å². The summed E-state index contributed by atoms with van der Waals surface area (Å²) in [5, 5.41) is 8.12. The van der Waals surface area contributed by atoms with Gasteiger partial charge in [-0.2, -0.15) is 0 Å². The second-order valence-electron chi connectivity index (χ2n) is 5.59. The summed E-state index contributed by atoms with van der Waals surface area (Å²) < 4.78 is 25.5. The fraction of sp³-hybridized carbons (Fsp3) is 0.375. The minimum atomic E-state index is -3.32. The normalized spacial score (nSPS) is 15.4. The molecule has 1 aromatic heterocycles. The third-order valence-electron chi connectivity index (χ3n) is 4.02. The lowest BCUT2D eigenvalue weighted by atomic mass is 10.2. The van der Waals surface area contributed by atoms with E-state index in [4.69, 9.17) is 0 Å². The first kappa shape index (κ1) is 16.5. The van der Waals surface area contributed by atoms with Crippen LogP contribution in [0.5, 0.6) is 0 Å². The zero-order valence-electron chi connectivity index (χ0n) is 13.6. The van der Waals surface area contributed by atoms with Gasteiger partial charge in [-0.05, 0) is 31.2 Å². The largest absolute Gasteiger partial charge is 0.368 e. The van der Waals surface area contributed by atoms with Crippen LogP contribution >= 0.6 is 0 Å². The Labute approximate surface area is 142 Å². The van der Waals surface area contributed by atoms with Crippen LogP contribution in [0, 0.1) is 0 Å².